The molecule has 0 aliphatic carbocycles. The average Bonchev–Trinajstić information content (AvgIpc) is 2.72. The molecule has 0 unspecified atom stereocenters. The highest BCUT2D eigenvalue weighted by atomic mass is 14.7. The minimum atomic E-state index is 0.960. The van der Waals surface area contributed by atoms with Crippen LogP contribution in [0.5, 0.6) is 0 Å². The number of aromatic nitrogens is 2. The van der Waals surface area contributed by atoms with Crippen molar-refractivity contribution in [3.8, 4) is 11.3 Å². The lowest BCUT2D eigenvalue weighted by Crippen LogP contribution is -1.91. The molecule has 5 rings (SSSR count). The molecule has 0 saturated carbocycles. The van der Waals surface area contributed by atoms with Crippen LogP contribution in [0.1, 0.15) is 12.5 Å². The third kappa shape index (κ3) is 2.26. The summed E-state index contributed by atoms with van der Waals surface area (Å²) in [6.07, 6.45) is 2.86. The summed E-state index contributed by atoms with van der Waals surface area (Å²) in [6, 6.07) is 25.6. The summed E-state index contributed by atoms with van der Waals surface area (Å²) in [5.74, 6) is 0. The van der Waals surface area contributed by atoms with Crippen molar-refractivity contribution in [3.63, 3.8) is 0 Å². The molecular weight excluding hydrogens is 316 g/mol. The van der Waals surface area contributed by atoms with Gasteiger partial charge in [0.1, 0.15) is 0 Å². The summed E-state index contributed by atoms with van der Waals surface area (Å²) in [5.41, 5.74) is 5.46. The van der Waals surface area contributed by atoms with Crippen LogP contribution in [-0.4, -0.2) is 9.97 Å². The van der Waals surface area contributed by atoms with E-state index < -0.39 is 0 Å². The van der Waals surface area contributed by atoms with Gasteiger partial charge in [0.25, 0.3) is 0 Å². The zero-order valence-electron chi connectivity index (χ0n) is 14.6. The number of rotatable bonds is 2. The Labute approximate surface area is 152 Å². The van der Waals surface area contributed by atoms with E-state index in [0.29, 0.717) is 0 Å². The number of benzene rings is 3. The SMILES string of the molecule is CCc1ccc(-c2ccc3ccc4cccnc4c3n2)c2ccccc12. The molecule has 0 bridgehead atoms. The van der Waals surface area contributed by atoms with Crippen molar-refractivity contribution in [1.82, 2.24) is 9.97 Å². The molecule has 0 atom stereocenters. The zero-order valence-corrected chi connectivity index (χ0v) is 14.6. The Morgan fingerprint density at radius 2 is 1.46 bits per heavy atom. The number of nitrogens with zero attached hydrogens (tertiary/aromatic N) is 2. The number of fused-ring (bicyclic) bond motifs is 4. The van der Waals surface area contributed by atoms with E-state index in [1.807, 2.05) is 12.3 Å². The number of pyridine rings is 2. The lowest BCUT2D eigenvalue weighted by atomic mass is 9.96. The maximum absolute atomic E-state index is 5.02. The standard InChI is InChI=1S/C24H18N2/c1-2-16-11-13-21(20-8-4-3-7-19(16)20)22-14-12-18-10-9-17-6-5-15-25-23(17)24(18)26-22/h3-15H,2H2,1H3. The van der Waals surface area contributed by atoms with E-state index in [1.54, 1.807) is 0 Å². The third-order valence-corrected chi connectivity index (χ3v) is 5.10. The molecule has 3 aromatic carbocycles. The van der Waals surface area contributed by atoms with Gasteiger partial charge in [0.05, 0.1) is 16.7 Å². The minimum absolute atomic E-state index is 0.960. The van der Waals surface area contributed by atoms with E-state index in [4.69, 9.17) is 4.98 Å². The van der Waals surface area contributed by atoms with Crippen LogP contribution in [0.3, 0.4) is 0 Å². The molecule has 0 amide bonds. The lowest BCUT2D eigenvalue weighted by molar-refractivity contribution is 1.16. The van der Waals surface area contributed by atoms with Crippen molar-refractivity contribution in [2.24, 2.45) is 0 Å². The van der Waals surface area contributed by atoms with E-state index >= 15 is 0 Å². The first kappa shape index (κ1) is 15.0. The first-order valence-electron chi connectivity index (χ1n) is 9.00. The predicted octanol–water partition coefficient (Wildman–Crippen LogP) is 6.17. The van der Waals surface area contributed by atoms with Crippen molar-refractivity contribution >= 4 is 32.6 Å². The Morgan fingerprint density at radius 3 is 2.31 bits per heavy atom. The van der Waals surface area contributed by atoms with Gasteiger partial charge in [-0.2, -0.15) is 0 Å². The molecular formula is C24H18N2. The summed E-state index contributed by atoms with van der Waals surface area (Å²) in [6.45, 7) is 2.20. The van der Waals surface area contributed by atoms with Gasteiger partial charge in [0, 0.05) is 22.5 Å². The summed E-state index contributed by atoms with van der Waals surface area (Å²) in [5, 5.41) is 4.81. The molecule has 2 heterocycles. The third-order valence-electron chi connectivity index (χ3n) is 5.10. The maximum Gasteiger partial charge on any atom is 0.0972 e. The molecule has 0 aliphatic rings. The molecule has 0 aliphatic heterocycles. The van der Waals surface area contributed by atoms with E-state index in [1.165, 1.54) is 21.9 Å². The summed E-state index contributed by atoms with van der Waals surface area (Å²) >= 11 is 0. The van der Waals surface area contributed by atoms with Gasteiger partial charge in [-0.15, -0.1) is 0 Å². The Kier molecular flexibility index (Phi) is 3.42. The Balaban J connectivity index is 1.82. The largest absolute Gasteiger partial charge is 0.254 e. The van der Waals surface area contributed by atoms with Gasteiger partial charge < -0.3 is 0 Å². The highest BCUT2D eigenvalue weighted by molar-refractivity contribution is 6.04. The van der Waals surface area contributed by atoms with Crippen molar-refractivity contribution in [2.45, 2.75) is 13.3 Å². The van der Waals surface area contributed by atoms with Gasteiger partial charge in [-0.3, -0.25) is 4.98 Å². The second kappa shape index (κ2) is 5.92. The molecule has 2 heteroatoms. The van der Waals surface area contributed by atoms with E-state index in [9.17, 15) is 0 Å². The summed E-state index contributed by atoms with van der Waals surface area (Å²) in [4.78, 5) is 9.59. The van der Waals surface area contributed by atoms with Crippen LogP contribution < -0.4 is 0 Å². The summed E-state index contributed by atoms with van der Waals surface area (Å²) < 4.78 is 0. The Morgan fingerprint density at radius 1 is 0.692 bits per heavy atom. The fraction of sp³-hybridized carbons (Fsp3) is 0.0833. The fourth-order valence-electron chi connectivity index (χ4n) is 3.77. The molecule has 2 aromatic heterocycles. The first-order valence-corrected chi connectivity index (χ1v) is 9.00. The minimum Gasteiger partial charge on any atom is -0.254 e. The Hall–Kier alpha value is -3.26. The van der Waals surface area contributed by atoms with E-state index in [-0.39, 0.29) is 0 Å². The van der Waals surface area contributed by atoms with Crippen molar-refractivity contribution in [1.29, 1.82) is 0 Å². The van der Waals surface area contributed by atoms with Gasteiger partial charge in [-0.25, -0.2) is 4.98 Å². The predicted molar refractivity (Wildman–Crippen MR) is 109 cm³/mol. The monoisotopic (exact) mass is 334 g/mol. The average molecular weight is 334 g/mol. The van der Waals surface area contributed by atoms with Crippen molar-refractivity contribution in [3.05, 3.63) is 84.6 Å². The molecule has 0 fully saturated rings. The topological polar surface area (TPSA) is 25.8 Å². The quantitative estimate of drug-likeness (QED) is 0.361. The fourth-order valence-corrected chi connectivity index (χ4v) is 3.77. The van der Waals surface area contributed by atoms with E-state index in [2.05, 4.69) is 78.6 Å². The smallest absolute Gasteiger partial charge is 0.0972 e. The highest BCUT2D eigenvalue weighted by Crippen LogP contribution is 2.32. The zero-order chi connectivity index (χ0) is 17.5. The molecule has 0 radical (unpaired) electrons. The second-order valence-corrected chi connectivity index (χ2v) is 6.58. The van der Waals surface area contributed by atoms with Gasteiger partial charge >= 0.3 is 0 Å². The Bertz CT molecular complexity index is 1270. The second-order valence-electron chi connectivity index (χ2n) is 6.58. The van der Waals surface area contributed by atoms with Crippen LogP contribution >= 0.6 is 0 Å². The molecule has 0 saturated heterocycles. The molecule has 124 valence electrons. The van der Waals surface area contributed by atoms with Gasteiger partial charge in [-0.05, 0) is 34.9 Å². The number of hydrogen-bond acceptors (Lipinski definition) is 2. The van der Waals surface area contributed by atoms with Crippen LogP contribution in [0, 0.1) is 0 Å². The van der Waals surface area contributed by atoms with Gasteiger partial charge in [-0.1, -0.05) is 67.6 Å². The summed E-state index contributed by atoms with van der Waals surface area (Å²) in [7, 11) is 0. The maximum atomic E-state index is 5.02. The normalized spacial score (nSPS) is 11.4. The number of aryl methyl sites for hydroxylation is 1. The van der Waals surface area contributed by atoms with Crippen LogP contribution in [0.4, 0.5) is 0 Å². The molecule has 0 spiro atoms. The van der Waals surface area contributed by atoms with Crippen LogP contribution in [0.15, 0.2) is 79.0 Å². The van der Waals surface area contributed by atoms with Gasteiger partial charge in [0.15, 0.2) is 0 Å². The van der Waals surface area contributed by atoms with Crippen LogP contribution in [0.25, 0.3) is 43.8 Å². The molecule has 5 aromatic rings. The molecule has 2 nitrogen and oxygen atoms in total. The van der Waals surface area contributed by atoms with Crippen molar-refractivity contribution in [2.75, 3.05) is 0 Å². The van der Waals surface area contributed by atoms with Crippen molar-refractivity contribution < 1.29 is 0 Å². The van der Waals surface area contributed by atoms with E-state index in [0.717, 1.165) is 33.9 Å². The van der Waals surface area contributed by atoms with Gasteiger partial charge in [0.2, 0.25) is 0 Å². The molecule has 0 N–H and O–H groups in total. The number of hydrogen-bond donors (Lipinski definition) is 0. The molecule has 26 heavy (non-hydrogen) atoms. The van der Waals surface area contributed by atoms with Crippen LogP contribution in [-0.2, 0) is 6.42 Å². The first-order chi connectivity index (χ1) is 12.8. The van der Waals surface area contributed by atoms with Crippen LogP contribution in [0.2, 0.25) is 0 Å². The highest BCUT2D eigenvalue weighted by Gasteiger charge is 2.10. The lowest BCUT2D eigenvalue weighted by Gasteiger charge is -2.11.